The zero-order chi connectivity index (χ0) is 22.4. The minimum Gasteiger partial charge on any atom is -0.444 e. The van der Waals surface area contributed by atoms with Gasteiger partial charge in [0.05, 0.1) is 23.6 Å². The molecule has 1 unspecified atom stereocenters. The molecule has 4 aromatic rings. The van der Waals surface area contributed by atoms with Crippen molar-refractivity contribution in [1.29, 1.82) is 0 Å². The van der Waals surface area contributed by atoms with E-state index < -0.39 is 0 Å². The standard InChI is InChI=1S/C25H20ClN5O2/c26-18-5-1-3-16(11-18)21-7-8-22-24(29-21)31(20-9-10-30(22)14-20)25(32)28-19-6-2-4-17(12-19)23-13-27-15-33-23/h1-8,11-13,15,20H,9-10,14H2,(H,28,32). The maximum Gasteiger partial charge on any atom is 0.327 e. The first-order valence-electron chi connectivity index (χ1n) is 10.8. The zero-order valence-corrected chi connectivity index (χ0v) is 18.4. The number of carbonyl (C=O) groups is 1. The average Bonchev–Trinajstić information content (AvgIpc) is 3.51. The lowest BCUT2D eigenvalue weighted by Gasteiger charge is -2.36. The summed E-state index contributed by atoms with van der Waals surface area (Å²) in [5, 5.41) is 3.70. The molecule has 0 spiro atoms. The topological polar surface area (TPSA) is 74.5 Å². The van der Waals surface area contributed by atoms with Crippen molar-refractivity contribution < 1.29 is 9.21 Å². The van der Waals surface area contributed by atoms with E-state index in [0.29, 0.717) is 22.3 Å². The summed E-state index contributed by atoms with van der Waals surface area (Å²) in [4.78, 5) is 26.5. The Labute approximate surface area is 195 Å². The SMILES string of the molecule is O=C(Nc1cccc(-c2cnco2)c1)N1c2nc(-c3cccc(Cl)c3)ccc2N2CCC1C2. The first-order valence-corrected chi connectivity index (χ1v) is 11.1. The van der Waals surface area contributed by atoms with E-state index in [4.69, 9.17) is 21.0 Å². The predicted octanol–water partition coefficient (Wildman–Crippen LogP) is 5.69. The number of amides is 2. The van der Waals surface area contributed by atoms with E-state index in [1.807, 2.05) is 60.7 Å². The summed E-state index contributed by atoms with van der Waals surface area (Å²) < 4.78 is 5.39. The molecule has 8 heteroatoms. The van der Waals surface area contributed by atoms with Gasteiger partial charge in [0, 0.05) is 34.9 Å². The molecule has 4 heterocycles. The third-order valence-corrected chi connectivity index (χ3v) is 6.36. The number of hydrogen-bond donors (Lipinski definition) is 1. The lowest BCUT2D eigenvalue weighted by molar-refractivity contribution is 0.255. The number of hydrogen-bond acceptors (Lipinski definition) is 5. The summed E-state index contributed by atoms with van der Waals surface area (Å²) >= 11 is 6.19. The lowest BCUT2D eigenvalue weighted by Crippen LogP contribution is -2.48. The Morgan fingerprint density at radius 1 is 1.09 bits per heavy atom. The van der Waals surface area contributed by atoms with Gasteiger partial charge in [-0.15, -0.1) is 0 Å². The first kappa shape index (κ1) is 19.8. The molecule has 2 aliphatic heterocycles. The Bertz CT molecular complexity index is 1340. The van der Waals surface area contributed by atoms with Crippen molar-refractivity contribution >= 4 is 34.8 Å². The quantitative estimate of drug-likeness (QED) is 0.428. The van der Waals surface area contributed by atoms with Crippen molar-refractivity contribution in [3.8, 4) is 22.6 Å². The molecular formula is C25H20ClN5O2. The van der Waals surface area contributed by atoms with E-state index in [-0.39, 0.29) is 12.1 Å². The number of nitrogens with zero attached hydrogens (tertiary/aromatic N) is 4. The van der Waals surface area contributed by atoms with Gasteiger partial charge in [0.25, 0.3) is 0 Å². The molecule has 0 saturated carbocycles. The molecule has 1 saturated heterocycles. The molecule has 2 aromatic carbocycles. The molecule has 6 rings (SSSR count). The number of urea groups is 1. The highest BCUT2D eigenvalue weighted by molar-refractivity contribution is 6.30. The lowest BCUT2D eigenvalue weighted by atomic mass is 10.1. The molecule has 7 nitrogen and oxygen atoms in total. The highest BCUT2D eigenvalue weighted by Gasteiger charge is 2.40. The number of nitrogens with one attached hydrogen (secondary N) is 1. The largest absolute Gasteiger partial charge is 0.444 e. The number of rotatable bonds is 3. The molecule has 33 heavy (non-hydrogen) atoms. The number of oxazole rings is 1. The second-order valence-corrected chi connectivity index (χ2v) is 8.62. The molecular weight excluding hydrogens is 438 g/mol. The Morgan fingerprint density at radius 2 is 1.97 bits per heavy atom. The van der Waals surface area contributed by atoms with Crippen LogP contribution in [0.3, 0.4) is 0 Å². The van der Waals surface area contributed by atoms with Crippen LogP contribution in [-0.4, -0.2) is 35.1 Å². The van der Waals surface area contributed by atoms with Crippen molar-refractivity contribution in [1.82, 2.24) is 9.97 Å². The van der Waals surface area contributed by atoms with E-state index in [9.17, 15) is 4.79 Å². The fraction of sp³-hybridized carbons (Fsp3) is 0.160. The molecule has 1 N–H and O–H groups in total. The normalized spacial score (nSPS) is 16.6. The summed E-state index contributed by atoms with van der Waals surface area (Å²) in [6, 6.07) is 19.0. The number of pyridine rings is 1. The van der Waals surface area contributed by atoms with Gasteiger partial charge in [-0.1, -0.05) is 35.9 Å². The summed E-state index contributed by atoms with van der Waals surface area (Å²) in [6.07, 6.45) is 3.94. The van der Waals surface area contributed by atoms with Crippen LogP contribution in [0, 0.1) is 0 Å². The molecule has 164 valence electrons. The Morgan fingerprint density at radius 3 is 2.82 bits per heavy atom. The monoisotopic (exact) mass is 457 g/mol. The van der Waals surface area contributed by atoms with Gasteiger partial charge in [0.2, 0.25) is 0 Å². The summed E-state index contributed by atoms with van der Waals surface area (Å²) in [7, 11) is 0. The Kier molecular flexibility index (Phi) is 4.77. The van der Waals surface area contributed by atoms with Crippen molar-refractivity contribution in [3.05, 3.63) is 78.3 Å². The van der Waals surface area contributed by atoms with Gasteiger partial charge < -0.3 is 14.6 Å². The van der Waals surface area contributed by atoms with Crippen molar-refractivity contribution in [2.24, 2.45) is 0 Å². The van der Waals surface area contributed by atoms with Crippen LogP contribution in [0.25, 0.3) is 22.6 Å². The molecule has 2 aromatic heterocycles. The number of fused-ring (bicyclic) bond motifs is 4. The number of aromatic nitrogens is 2. The van der Waals surface area contributed by atoms with Gasteiger partial charge >= 0.3 is 6.03 Å². The van der Waals surface area contributed by atoms with Crippen molar-refractivity contribution in [2.45, 2.75) is 12.5 Å². The van der Waals surface area contributed by atoms with Gasteiger partial charge in [0.1, 0.15) is 0 Å². The molecule has 2 aliphatic rings. The fourth-order valence-electron chi connectivity index (χ4n) is 4.57. The van der Waals surface area contributed by atoms with Crippen LogP contribution < -0.4 is 15.1 Å². The van der Waals surface area contributed by atoms with E-state index >= 15 is 0 Å². The Balaban J connectivity index is 1.34. The number of carbonyl (C=O) groups excluding carboxylic acids is 1. The van der Waals surface area contributed by atoms with Crippen LogP contribution in [0.1, 0.15) is 6.42 Å². The third-order valence-electron chi connectivity index (χ3n) is 6.12. The van der Waals surface area contributed by atoms with Gasteiger partial charge in [0.15, 0.2) is 18.0 Å². The summed E-state index contributed by atoms with van der Waals surface area (Å²) in [5.74, 6) is 1.32. The van der Waals surface area contributed by atoms with E-state index in [1.54, 1.807) is 11.1 Å². The van der Waals surface area contributed by atoms with Gasteiger partial charge in [-0.25, -0.2) is 14.8 Å². The molecule has 0 radical (unpaired) electrons. The second-order valence-electron chi connectivity index (χ2n) is 8.18. The van der Waals surface area contributed by atoms with Crippen LogP contribution in [0.2, 0.25) is 5.02 Å². The average molecular weight is 458 g/mol. The smallest absolute Gasteiger partial charge is 0.327 e. The number of benzene rings is 2. The molecule has 0 aliphatic carbocycles. The molecule has 1 fully saturated rings. The molecule has 2 bridgehead atoms. The third kappa shape index (κ3) is 3.60. The minimum atomic E-state index is -0.201. The van der Waals surface area contributed by atoms with Crippen LogP contribution in [-0.2, 0) is 0 Å². The van der Waals surface area contributed by atoms with Crippen LogP contribution in [0.15, 0.2) is 77.7 Å². The summed E-state index contributed by atoms with van der Waals surface area (Å²) in [6.45, 7) is 1.71. The van der Waals surface area contributed by atoms with Crippen molar-refractivity contribution in [3.63, 3.8) is 0 Å². The number of halogens is 1. The van der Waals surface area contributed by atoms with Gasteiger partial charge in [-0.3, -0.25) is 4.90 Å². The van der Waals surface area contributed by atoms with Crippen LogP contribution >= 0.6 is 11.6 Å². The highest BCUT2D eigenvalue weighted by Crippen LogP contribution is 2.40. The first-order chi connectivity index (χ1) is 16.2. The maximum atomic E-state index is 13.5. The van der Waals surface area contributed by atoms with Crippen molar-refractivity contribution in [2.75, 3.05) is 28.2 Å². The summed E-state index contributed by atoms with van der Waals surface area (Å²) in [5.41, 5.74) is 4.20. The maximum absolute atomic E-state index is 13.5. The van der Waals surface area contributed by atoms with Crippen LogP contribution in [0.5, 0.6) is 0 Å². The Hall–Kier alpha value is -3.84. The predicted molar refractivity (Wildman–Crippen MR) is 129 cm³/mol. The van der Waals surface area contributed by atoms with Gasteiger partial charge in [-0.2, -0.15) is 0 Å². The molecule has 1 atom stereocenters. The fourth-order valence-corrected chi connectivity index (χ4v) is 4.76. The van der Waals surface area contributed by atoms with E-state index in [1.165, 1.54) is 6.39 Å². The van der Waals surface area contributed by atoms with E-state index in [0.717, 1.165) is 42.0 Å². The minimum absolute atomic E-state index is 0.0667. The second kappa shape index (κ2) is 7.94. The van der Waals surface area contributed by atoms with Crippen LogP contribution in [0.4, 0.5) is 22.0 Å². The molecule has 2 amide bonds. The number of anilines is 3. The highest BCUT2D eigenvalue weighted by atomic mass is 35.5. The zero-order valence-electron chi connectivity index (χ0n) is 17.6. The van der Waals surface area contributed by atoms with Gasteiger partial charge in [-0.05, 0) is 42.8 Å². The van der Waals surface area contributed by atoms with E-state index in [2.05, 4.69) is 15.2 Å².